The van der Waals surface area contributed by atoms with Gasteiger partial charge >= 0.3 is 0 Å². The number of amides is 1. The summed E-state index contributed by atoms with van der Waals surface area (Å²) >= 11 is 5.48. The van der Waals surface area contributed by atoms with E-state index in [2.05, 4.69) is 10.4 Å². The first-order valence-electron chi connectivity index (χ1n) is 7.61. The maximum absolute atomic E-state index is 11.8. The molecule has 0 aliphatic rings. The van der Waals surface area contributed by atoms with Gasteiger partial charge in [-0.2, -0.15) is 0 Å². The fourth-order valence-electron chi connectivity index (χ4n) is 2.30. The summed E-state index contributed by atoms with van der Waals surface area (Å²) in [6.07, 6.45) is 1.61. The van der Waals surface area contributed by atoms with Crippen LogP contribution in [0.2, 0.25) is 0 Å². The summed E-state index contributed by atoms with van der Waals surface area (Å²) < 4.78 is 9.65. The Labute approximate surface area is 140 Å². The number of carbonyl (C=O) groups excluding carboxylic acids is 1. The topological polar surface area (TPSA) is 68.2 Å². The molecule has 0 saturated heterocycles. The van der Waals surface area contributed by atoms with E-state index in [-0.39, 0.29) is 18.5 Å². The lowest BCUT2D eigenvalue weighted by Gasteiger charge is -2.17. The predicted octanol–water partition coefficient (Wildman–Crippen LogP) is 2.11. The fourth-order valence-corrected chi connectivity index (χ4v) is 2.61. The number of rotatable bonds is 7. The second kappa shape index (κ2) is 7.56. The standard InChI is InChI=1S/C15H23N5O2S/c1-5-19-14(12-7-6-8-22-12)17-20(15(19)23)10-18(4)9-13(21)16-11(2)3/h6-8,11H,5,9-10H2,1-4H3,(H,16,21). The zero-order valence-corrected chi connectivity index (χ0v) is 14.8. The lowest BCUT2D eigenvalue weighted by atomic mass is 10.4. The van der Waals surface area contributed by atoms with Crippen molar-refractivity contribution in [1.29, 1.82) is 0 Å². The Morgan fingerprint density at radius 2 is 2.26 bits per heavy atom. The van der Waals surface area contributed by atoms with E-state index in [1.54, 1.807) is 10.9 Å². The fraction of sp³-hybridized carbons (Fsp3) is 0.533. The van der Waals surface area contributed by atoms with Crippen LogP contribution in [-0.4, -0.2) is 44.8 Å². The number of hydrogen-bond donors (Lipinski definition) is 1. The molecule has 1 amide bonds. The second-order valence-electron chi connectivity index (χ2n) is 5.71. The highest BCUT2D eigenvalue weighted by atomic mass is 32.1. The largest absolute Gasteiger partial charge is 0.461 e. The molecule has 2 heterocycles. The van der Waals surface area contributed by atoms with Crippen molar-refractivity contribution in [1.82, 2.24) is 24.6 Å². The van der Waals surface area contributed by atoms with Crippen molar-refractivity contribution in [3.63, 3.8) is 0 Å². The zero-order valence-electron chi connectivity index (χ0n) is 13.9. The van der Waals surface area contributed by atoms with Crippen LogP contribution in [0, 0.1) is 4.77 Å². The highest BCUT2D eigenvalue weighted by molar-refractivity contribution is 7.71. The maximum Gasteiger partial charge on any atom is 0.234 e. The van der Waals surface area contributed by atoms with Gasteiger partial charge in [-0.15, -0.1) is 5.10 Å². The normalized spacial score (nSPS) is 11.4. The summed E-state index contributed by atoms with van der Waals surface area (Å²) in [5, 5.41) is 7.41. The van der Waals surface area contributed by atoms with Gasteiger partial charge in [-0.05, 0) is 52.2 Å². The summed E-state index contributed by atoms with van der Waals surface area (Å²) in [7, 11) is 1.86. The molecule has 2 aromatic rings. The van der Waals surface area contributed by atoms with Gasteiger partial charge < -0.3 is 9.73 Å². The molecule has 23 heavy (non-hydrogen) atoms. The van der Waals surface area contributed by atoms with Crippen LogP contribution in [0.5, 0.6) is 0 Å². The molecule has 0 saturated carbocycles. The van der Waals surface area contributed by atoms with E-state index in [4.69, 9.17) is 16.6 Å². The molecule has 2 rings (SSSR count). The summed E-state index contributed by atoms with van der Waals surface area (Å²) in [5.41, 5.74) is 0. The third kappa shape index (κ3) is 4.29. The van der Waals surface area contributed by atoms with Crippen LogP contribution in [0.1, 0.15) is 20.8 Å². The van der Waals surface area contributed by atoms with Crippen molar-refractivity contribution in [2.24, 2.45) is 0 Å². The SMILES string of the molecule is CCn1c(-c2ccco2)nn(CN(C)CC(=O)NC(C)C)c1=S. The Hall–Kier alpha value is -1.93. The molecule has 0 aromatic carbocycles. The number of carbonyl (C=O) groups is 1. The molecule has 0 atom stereocenters. The van der Waals surface area contributed by atoms with Crippen LogP contribution < -0.4 is 5.32 Å². The van der Waals surface area contributed by atoms with Crippen LogP contribution in [-0.2, 0) is 18.0 Å². The molecule has 8 heteroatoms. The molecule has 7 nitrogen and oxygen atoms in total. The number of nitrogens with one attached hydrogen (secondary N) is 1. The van der Waals surface area contributed by atoms with E-state index in [9.17, 15) is 4.79 Å². The van der Waals surface area contributed by atoms with Gasteiger partial charge in [0.1, 0.15) is 0 Å². The van der Waals surface area contributed by atoms with Gasteiger partial charge in [-0.1, -0.05) is 0 Å². The van der Waals surface area contributed by atoms with Gasteiger partial charge in [0.05, 0.1) is 19.5 Å². The molecule has 0 unspecified atom stereocenters. The number of hydrogen-bond acceptors (Lipinski definition) is 5. The predicted molar refractivity (Wildman–Crippen MR) is 90.3 cm³/mol. The maximum atomic E-state index is 11.8. The van der Waals surface area contributed by atoms with Crippen LogP contribution in [0.3, 0.4) is 0 Å². The first-order chi connectivity index (χ1) is 10.9. The highest BCUT2D eigenvalue weighted by Crippen LogP contribution is 2.18. The van der Waals surface area contributed by atoms with Crippen LogP contribution in [0.15, 0.2) is 22.8 Å². The first-order valence-corrected chi connectivity index (χ1v) is 8.02. The van der Waals surface area contributed by atoms with Crippen molar-refractivity contribution in [2.45, 2.75) is 40.0 Å². The first kappa shape index (κ1) is 17.4. The summed E-state index contributed by atoms with van der Waals surface area (Å²) in [6.45, 7) is 7.31. The number of nitrogens with zero attached hydrogens (tertiary/aromatic N) is 4. The van der Waals surface area contributed by atoms with Crippen molar-refractivity contribution >= 4 is 18.1 Å². The van der Waals surface area contributed by atoms with E-state index in [1.807, 2.05) is 49.4 Å². The molecule has 0 fully saturated rings. The average Bonchev–Trinajstić information content (AvgIpc) is 3.06. The molecule has 0 bridgehead atoms. The molecular weight excluding hydrogens is 314 g/mol. The van der Waals surface area contributed by atoms with Crippen LogP contribution in [0.25, 0.3) is 11.6 Å². The molecule has 0 spiro atoms. The van der Waals surface area contributed by atoms with Gasteiger partial charge in [-0.25, -0.2) is 4.68 Å². The van der Waals surface area contributed by atoms with E-state index in [1.165, 1.54) is 0 Å². The van der Waals surface area contributed by atoms with Crippen molar-refractivity contribution < 1.29 is 9.21 Å². The van der Waals surface area contributed by atoms with Gasteiger partial charge in [0.25, 0.3) is 0 Å². The van der Waals surface area contributed by atoms with Gasteiger partial charge in [-0.3, -0.25) is 14.3 Å². The average molecular weight is 337 g/mol. The lowest BCUT2D eigenvalue weighted by Crippen LogP contribution is -2.39. The van der Waals surface area contributed by atoms with Crippen LogP contribution in [0.4, 0.5) is 0 Å². The summed E-state index contributed by atoms with van der Waals surface area (Å²) in [6, 6.07) is 3.80. The Morgan fingerprint density at radius 3 is 2.83 bits per heavy atom. The lowest BCUT2D eigenvalue weighted by molar-refractivity contribution is -0.122. The molecule has 1 N–H and O–H groups in total. The minimum atomic E-state index is -0.0183. The highest BCUT2D eigenvalue weighted by Gasteiger charge is 2.15. The summed E-state index contributed by atoms with van der Waals surface area (Å²) in [5.74, 6) is 1.36. The Balaban J connectivity index is 2.14. The third-order valence-electron chi connectivity index (χ3n) is 3.22. The van der Waals surface area contributed by atoms with Gasteiger partial charge in [0.2, 0.25) is 5.91 Å². The van der Waals surface area contributed by atoms with E-state index >= 15 is 0 Å². The number of likely N-dealkylation sites (N-methyl/N-ethyl adjacent to an activating group) is 1. The number of aromatic nitrogens is 3. The minimum Gasteiger partial charge on any atom is -0.461 e. The van der Waals surface area contributed by atoms with Gasteiger partial charge in [0.15, 0.2) is 16.4 Å². The Bertz CT molecular complexity index is 702. The monoisotopic (exact) mass is 337 g/mol. The molecule has 126 valence electrons. The summed E-state index contributed by atoms with van der Waals surface area (Å²) in [4.78, 5) is 13.7. The Kier molecular flexibility index (Phi) is 5.73. The molecule has 2 aromatic heterocycles. The molecule has 0 radical (unpaired) electrons. The quantitative estimate of drug-likeness (QED) is 0.784. The second-order valence-corrected chi connectivity index (χ2v) is 6.07. The van der Waals surface area contributed by atoms with E-state index < -0.39 is 0 Å². The molecule has 0 aliphatic carbocycles. The molecular formula is C15H23N5O2S. The van der Waals surface area contributed by atoms with E-state index in [0.717, 1.165) is 0 Å². The Morgan fingerprint density at radius 1 is 1.52 bits per heavy atom. The van der Waals surface area contributed by atoms with Crippen molar-refractivity contribution in [3.05, 3.63) is 23.2 Å². The number of furan rings is 1. The van der Waals surface area contributed by atoms with Gasteiger partial charge in [0, 0.05) is 12.6 Å². The van der Waals surface area contributed by atoms with Crippen LogP contribution >= 0.6 is 12.2 Å². The minimum absolute atomic E-state index is 0.0183. The third-order valence-corrected chi connectivity index (χ3v) is 3.65. The van der Waals surface area contributed by atoms with E-state index in [0.29, 0.717) is 29.6 Å². The van der Waals surface area contributed by atoms with Crippen molar-refractivity contribution in [2.75, 3.05) is 13.6 Å². The van der Waals surface area contributed by atoms with Crippen molar-refractivity contribution in [3.8, 4) is 11.6 Å². The zero-order chi connectivity index (χ0) is 17.0. The smallest absolute Gasteiger partial charge is 0.234 e. The molecule has 0 aliphatic heterocycles.